The summed E-state index contributed by atoms with van der Waals surface area (Å²) >= 11 is 0. The van der Waals surface area contributed by atoms with Gasteiger partial charge in [0.1, 0.15) is 0 Å². The van der Waals surface area contributed by atoms with Crippen LogP contribution in [0.25, 0.3) is 0 Å². The van der Waals surface area contributed by atoms with Crippen molar-refractivity contribution in [1.82, 2.24) is 9.62 Å². The van der Waals surface area contributed by atoms with E-state index in [0.29, 0.717) is 55.8 Å². The van der Waals surface area contributed by atoms with Gasteiger partial charge in [-0.05, 0) is 56.6 Å². The second-order valence-electron chi connectivity index (χ2n) is 8.15. The summed E-state index contributed by atoms with van der Waals surface area (Å²) < 4.78 is 33.3. The van der Waals surface area contributed by atoms with Crippen molar-refractivity contribution in [3.05, 3.63) is 30.3 Å². The number of amides is 1. The van der Waals surface area contributed by atoms with Gasteiger partial charge in [-0.1, -0.05) is 18.2 Å². The van der Waals surface area contributed by atoms with Gasteiger partial charge in [0.05, 0.1) is 10.5 Å². The van der Waals surface area contributed by atoms with E-state index in [4.69, 9.17) is 4.74 Å². The minimum atomic E-state index is -3.44. The Hall–Kier alpha value is -1.44. The summed E-state index contributed by atoms with van der Waals surface area (Å²) in [5, 5.41) is 3.07. The molecule has 1 unspecified atom stereocenters. The van der Waals surface area contributed by atoms with Crippen LogP contribution in [0.1, 0.15) is 44.9 Å². The Labute approximate surface area is 161 Å². The number of benzene rings is 1. The SMILES string of the molecule is O=C(CC1CCOC2(CCN(S(=O)(=O)c3ccccc3)CC2)C1)NC1CC1. The number of carbonyl (C=O) groups excluding carboxylic acids is 1. The van der Waals surface area contributed by atoms with Gasteiger partial charge in [0.15, 0.2) is 0 Å². The van der Waals surface area contributed by atoms with Crippen molar-refractivity contribution in [2.24, 2.45) is 5.92 Å². The van der Waals surface area contributed by atoms with Crippen LogP contribution in [-0.4, -0.2) is 50.0 Å². The molecule has 0 bridgehead atoms. The molecule has 27 heavy (non-hydrogen) atoms. The predicted molar refractivity (Wildman–Crippen MR) is 102 cm³/mol. The van der Waals surface area contributed by atoms with Crippen molar-refractivity contribution in [2.45, 2.75) is 61.5 Å². The number of nitrogens with one attached hydrogen (secondary N) is 1. The lowest BCUT2D eigenvalue weighted by Gasteiger charge is -2.45. The molecule has 3 fully saturated rings. The Kier molecular flexibility index (Phi) is 5.27. The predicted octanol–water partition coefficient (Wildman–Crippen LogP) is 2.31. The van der Waals surface area contributed by atoms with E-state index in [1.807, 2.05) is 6.07 Å². The fourth-order valence-corrected chi connectivity index (χ4v) is 5.77. The molecular weight excluding hydrogens is 364 g/mol. The summed E-state index contributed by atoms with van der Waals surface area (Å²) in [7, 11) is -3.44. The molecule has 148 valence electrons. The van der Waals surface area contributed by atoms with Crippen molar-refractivity contribution in [3.63, 3.8) is 0 Å². The number of nitrogens with zero attached hydrogens (tertiary/aromatic N) is 1. The van der Waals surface area contributed by atoms with Gasteiger partial charge < -0.3 is 10.1 Å². The van der Waals surface area contributed by atoms with Gasteiger partial charge in [-0.25, -0.2) is 8.42 Å². The molecule has 1 N–H and O–H groups in total. The van der Waals surface area contributed by atoms with E-state index in [0.717, 1.165) is 25.7 Å². The van der Waals surface area contributed by atoms with Crippen LogP contribution in [-0.2, 0) is 19.6 Å². The second-order valence-corrected chi connectivity index (χ2v) is 10.1. The smallest absolute Gasteiger partial charge is 0.243 e. The van der Waals surface area contributed by atoms with E-state index in [9.17, 15) is 13.2 Å². The molecule has 1 spiro atoms. The summed E-state index contributed by atoms with van der Waals surface area (Å²) in [6.07, 6.45) is 5.92. The van der Waals surface area contributed by atoms with Gasteiger partial charge in [0.25, 0.3) is 0 Å². The maximum atomic E-state index is 12.8. The Bertz CT molecular complexity index is 768. The monoisotopic (exact) mass is 392 g/mol. The van der Waals surface area contributed by atoms with Crippen LogP contribution < -0.4 is 5.32 Å². The standard InChI is InChI=1S/C20H28N2O4S/c23-19(21-17-6-7-17)14-16-8-13-26-20(15-16)9-11-22(12-10-20)27(24,25)18-4-2-1-3-5-18/h1-5,16-17H,6-15H2,(H,21,23). The van der Waals surface area contributed by atoms with E-state index < -0.39 is 10.0 Å². The lowest BCUT2D eigenvalue weighted by Crippen LogP contribution is -2.51. The normalized spacial score (nSPS) is 26.0. The van der Waals surface area contributed by atoms with E-state index in [2.05, 4.69) is 5.32 Å². The number of sulfonamides is 1. The molecule has 7 heteroatoms. The first-order valence-corrected chi connectivity index (χ1v) is 11.4. The molecule has 6 nitrogen and oxygen atoms in total. The Morgan fingerprint density at radius 2 is 1.85 bits per heavy atom. The van der Waals surface area contributed by atoms with Crippen molar-refractivity contribution in [1.29, 1.82) is 0 Å². The molecule has 1 aromatic rings. The molecular formula is C20H28N2O4S. The van der Waals surface area contributed by atoms with Crippen molar-refractivity contribution < 1.29 is 17.9 Å². The van der Waals surface area contributed by atoms with E-state index in [-0.39, 0.29) is 11.5 Å². The van der Waals surface area contributed by atoms with Gasteiger partial charge in [-0.2, -0.15) is 4.31 Å². The minimum Gasteiger partial charge on any atom is -0.375 e. The zero-order chi connectivity index (χ0) is 18.9. The Morgan fingerprint density at radius 3 is 2.52 bits per heavy atom. The third-order valence-corrected chi connectivity index (χ3v) is 7.94. The number of rotatable bonds is 5. The van der Waals surface area contributed by atoms with Gasteiger partial charge in [0, 0.05) is 32.2 Å². The van der Waals surface area contributed by atoms with E-state index in [1.54, 1.807) is 28.6 Å². The minimum absolute atomic E-state index is 0.156. The molecule has 4 rings (SSSR count). The van der Waals surface area contributed by atoms with Gasteiger partial charge >= 0.3 is 0 Å². The van der Waals surface area contributed by atoms with Crippen LogP contribution in [0.5, 0.6) is 0 Å². The summed E-state index contributed by atoms with van der Waals surface area (Å²) in [6, 6.07) is 9.01. The lowest BCUT2D eigenvalue weighted by molar-refractivity contribution is -0.132. The van der Waals surface area contributed by atoms with Crippen LogP contribution in [0.3, 0.4) is 0 Å². The number of hydrogen-bond acceptors (Lipinski definition) is 4. The highest BCUT2D eigenvalue weighted by molar-refractivity contribution is 7.89. The van der Waals surface area contributed by atoms with Crippen molar-refractivity contribution in [2.75, 3.05) is 19.7 Å². The van der Waals surface area contributed by atoms with E-state index in [1.165, 1.54) is 0 Å². The summed E-state index contributed by atoms with van der Waals surface area (Å²) in [5.41, 5.74) is -0.272. The van der Waals surface area contributed by atoms with E-state index >= 15 is 0 Å². The first-order valence-electron chi connectivity index (χ1n) is 9.95. The largest absolute Gasteiger partial charge is 0.375 e. The van der Waals surface area contributed by atoms with Crippen LogP contribution in [0.2, 0.25) is 0 Å². The number of ether oxygens (including phenoxy) is 1. The summed E-state index contributed by atoms with van der Waals surface area (Å²) in [6.45, 7) is 1.60. The summed E-state index contributed by atoms with van der Waals surface area (Å²) in [5.74, 6) is 0.485. The molecule has 0 aromatic heterocycles. The molecule has 1 saturated carbocycles. The molecule has 1 aliphatic carbocycles. The first-order chi connectivity index (χ1) is 13.0. The summed E-state index contributed by atoms with van der Waals surface area (Å²) in [4.78, 5) is 12.5. The Morgan fingerprint density at radius 1 is 1.15 bits per heavy atom. The average molecular weight is 393 g/mol. The highest BCUT2D eigenvalue weighted by atomic mass is 32.2. The van der Waals surface area contributed by atoms with Gasteiger partial charge in [0.2, 0.25) is 15.9 Å². The third kappa shape index (κ3) is 4.36. The maximum absolute atomic E-state index is 12.8. The Balaban J connectivity index is 1.35. The van der Waals surface area contributed by atoms with Crippen LogP contribution in [0.15, 0.2) is 35.2 Å². The molecule has 2 aliphatic heterocycles. The van der Waals surface area contributed by atoms with Gasteiger partial charge in [-0.15, -0.1) is 0 Å². The zero-order valence-electron chi connectivity index (χ0n) is 15.6. The zero-order valence-corrected chi connectivity index (χ0v) is 16.4. The molecule has 1 atom stereocenters. The second kappa shape index (κ2) is 7.53. The van der Waals surface area contributed by atoms with Crippen LogP contribution >= 0.6 is 0 Å². The van der Waals surface area contributed by atoms with Crippen molar-refractivity contribution in [3.8, 4) is 0 Å². The average Bonchev–Trinajstić information content (AvgIpc) is 3.47. The molecule has 0 radical (unpaired) electrons. The number of hydrogen-bond donors (Lipinski definition) is 1. The highest BCUT2D eigenvalue weighted by Crippen LogP contribution is 2.39. The molecule has 3 aliphatic rings. The molecule has 2 heterocycles. The van der Waals surface area contributed by atoms with Crippen LogP contribution in [0, 0.1) is 5.92 Å². The quantitative estimate of drug-likeness (QED) is 0.834. The highest BCUT2D eigenvalue weighted by Gasteiger charge is 2.43. The molecule has 2 saturated heterocycles. The van der Waals surface area contributed by atoms with Crippen LogP contribution in [0.4, 0.5) is 0 Å². The first kappa shape index (κ1) is 18.9. The third-order valence-electron chi connectivity index (χ3n) is 6.03. The number of carbonyl (C=O) groups is 1. The molecule has 1 aromatic carbocycles. The lowest BCUT2D eigenvalue weighted by atomic mass is 9.78. The fourth-order valence-electron chi connectivity index (χ4n) is 4.30. The topological polar surface area (TPSA) is 75.7 Å². The molecule has 1 amide bonds. The number of piperidine rings is 1. The van der Waals surface area contributed by atoms with Gasteiger partial charge in [-0.3, -0.25) is 4.79 Å². The van der Waals surface area contributed by atoms with Crippen molar-refractivity contribution >= 4 is 15.9 Å². The maximum Gasteiger partial charge on any atom is 0.243 e. The fraction of sp³-hybridized carbons (Fsp3) is 0.650.